The molecule has 0 aliphatic rings. The van der Waals surface area contributed by atoms with Gasteiger partial charge in [-0.15, -0.1) is 0 Å². The van der Waals surface area contributed by atoms with Crippen molar-refractivity contribution in [1.82, 2.24) is 0 Å². The number of phenolic OH excluding ortho intramolecular Hbond substituents is 2. The average Bonchev–Trinajstić information content (AvgIpc) is 2.87. The van der Waals surface area contributed by atoms with Crippen LogP contribution in [0.25, 0.3) is 0 Å². The van der Waals surface area contributed by atoms with E-state index in [1.165, 1.54) is 0 Å². The highest BCUT2D eigenvalue weighted by Crippen LogP contribution is 2.36. The van der Waals surface area contributed by atoms with E-state index in [1.807, 2.05) is 60.7 Å². The molecule has 6 heteroatoms. The molecule has 0 saturated carbocycles. The summed E-state index contributed by atoms with van der Waals surface area (Å²) < 4.78 is 0. The first-order valence-electron chi connectivity index (χ1n) is 10.7. The number of aromatic hydroxyl groups is 2. The predicted octanol–water partition coefficient (Wildman–Crippen LogP) is 7.43. The summed E-state index contributed by atoms with van der Waals surface area (Å²) in [5.74, 6) is -0.0494. The summed E-state index contributed by atoms with van der Waals surface area (Å²) in [6.07, 6.45) is 3.22. The van der Waals surface area contributed by atoms with Gasteiger partial charge in [-0.05, 0) is 35.4 Å². The number of aliphatic imine (C=N–C) groups is 2. The minimum atomic E-state index is -0.417. The van der Waals surface area contributed by atoms with Crippen LogP contribution < -0.4 is 0 Å². The van der Waals surface area contributed by atoms with E-state index in [0.29, 0.717) is 11.1 Å². The summed E-state index contributed by atoms with van der Waals surface area (Å²) in [5, 5.41) is 21.2. The zero-order valence-corrected chi connectivity index (χ0v) is 19.6. The van der Waals surface area contributed by atoms with Gasteiger partial charge in [-0.25, -0.2) is 0 Å². The zero-order chi connectivity index (χ0) is 23.9. The number of hydrogen-bond acceptors (Lipinski definition) is 4. The van der Waals surface area contributed by atoms with Gasteiger partial charge >= 0.3 is 0 Å². The Morgan fingerprint density at radius 2 is 0.912 bits per heavy atom. The fourth-order valence-electron chi connectivity index (χ4n) is 3.59. The third-order valence-electron chi connectivity index (χ3n) is 5.37. The zero-order valence-electron chi connectivity index (χ0n) is 18.1. The smallest absolute Gasteiger partial charge is 0.142 e. The maximum Gasteiger partial charge on any atom is 0.142 e. The Bertz CT molecular complexity index is 1210. The minimum absolute atomic E-state index is 0.0247. The summed E-state index contributed by atoms with van der Waals surface area (Å²) in [6.45, 7) is 0. The van der Waals surface area contributed by atoms with Crippen LogP contribution in [0.1, 0.15) is 34.3 Å². The van der Waals surface area contributed by atoms with Gasteiger partial charge in [0.05, 0.1) is 10.0 Å². The van der Waals surface area contributed by atoms with Gasteiger partial charge in [-0.1, -0.05) is 96.0 Å². The van der Waals surface area contributed by atoms with Crippen molar-refractivity contribution in [2.75, 3.05) is 0 Å². The fraction of sp³-hybridized carbons (Fsp3) is 0.0714. The van der Waals surface area contributed by atoms with E-state index in [-0.39, 0.29) is 21.5 Å². The van der Waals surface area contributed by atoms with Gasteiger partial charge in [-0.3, -0.25) is 9.98 Å². The molecule has 0 bridgehead atoms. The molecule has 0 aliphatic carbocycles. The molecule has 170 valence electrons. The molecular weight excluding hydrogens is 467 g/mol. The summed E-state index contributed by atoms with van der Waals surface area (Å²) in [7, 11) is 0. The van der Waals surface area contributed by atoms with Crippen LogP contribution in [0.3, 0.4) is 0 Å². The SMILES string of the molecule is Oc1c(Cl)cccc1C=N[C@@H](c1ccccc1)[C@@H](N=Cc1cccc(Cl)c1O)c1ccccc1. The Morgan fingerprint density at radius 1 is 0.529 bits per heavy atom. The molecule has 4 aromatic carbocycles. The quantitative estimate of drug-likeness (QED) is 0.265. The Labute approximate surface area is 208 Å². The van der Waals surface area contributed by atoms with Crippen LogP contribution in [0, 0.1) is 0 Å². The second-order valence-electron chi connectivity index (χ2n) is 7.62. The van der Waals surface area contributed by atoms with Gasteiger partial charge in [0.1, 0.15) is 23.6 Å². The second-order valence-corrected chi connectivity index (χ2v) is 8.44. The molecule has 4 rings (SSSR count). The number of rotatable bonds is 7. The monoisotopic (exact) mass is 488 g/mol. The summed E-state index contributed by atoms with van der Waals surface area (Å²) in [5.41, 5.74) is 2.91. The van der Waals surface area contributed by atoms with E-state index in [1.54, 1.807) is 48.8 Å². The molecule has 0 aromatic heterocycles. The van der Waals surface area contributed by atoms with Crippen LogP contribution in [0.15, 0.2) is 107 Å². The molecule has 4 nitrogen and oxygen atoms in total. The van der Waals surface area contributed by atoms with Crippen molar-refractivity contribution in [2.24, 2.45) is 9.98 Å². The lowest BCUT2D eigenvalue weighted by atomic mass is 9.94. The predicted molar refractivity (Wildman–Crippen MR) is 140 cm³/mol. The molecule has 0 unspecified atom stereocenters. The lowest BCUT2D eigenvalue weighted by Crippen LogP contribution is -2.09. The van der Waals surface area contributed by atoms with Crippen molar-refractivity contribution in [1.29, 1.82) is 0 Å². The Kier molecular flexibility index (Phi) is 7.63. The van der Waals surface area contributed by atoms with E-state index in [9.17, 15) is 10.2 Å². The summed E-state index contributed by atoms with van der Waals surface area (Å²) in [6, 6.07) is 29.1. The van der Waals surface area contributed by atoms with Crippen LogP contribution in [-0.2, 0) is 0 Å². The van der Waals surface area contributed by atoms with E-state index in [2.05, 4.69) is 0 Å². The van der Waals surface area contributed by atoms with Crippen molar-refractivity contribution in [3.05, 3.63) is 129 Å². The molecule has 0 amide bonds. The first-order valence-corrected chi connectivity index (χ1v) is 11.4. The number of phenols is 2. The largest absolute Gasteiger partial charge is 0.506 e. The number of benzene rings is 4. The molecule has 0 spiro atoms. The summed E-state index contributed by atoms with van der Waals surface area (Å²) in [4.78, 5) is 9.70. The highest BCUT2D eigenvalue weighted by atomic mass is 35.5. The van der Waals surface area contributed by atoms with Gasteiger partial charge in [-0.2, -0.15) is 0 Å². The highest BCUT2D eigenvalue weighted by Gasteiger charge is 2.23. The molecule has 0 fully saturated rings. The van der Waals surface area contributed by atoms with Crippen molar-refractivity contribution >= 4 is 35.6 Å². The van der Waals surface area contributed by atoms with Gasteiger partial charge in [0.25, 0.3) is 0 Å². The van der Waals surface area contributed by atoms with Crippen molar-refractivity contribution < 1.29 is 10.2 Å². The van der Waals surface area contributed by atoms with Crippen LogP contribution in [-0.4, -0.2) is 22.6 Å². The Balaban J connectivity index is 1.81. The number of halogens is 2. The van der Waals surface area contributed by atoms with Crippen molar-refractivity contribution in [3.63, 3.8) is 0 Å². The highest BCUT2D eigenvalue weighted by molar-refractivity contribution is 6.32. The number of para-hydroxylation sites is 2. The van der Waals surface area contributed by atoms with Gasteiger partial charge in [0.2, 0.25) is 0 Å². The van der Waals surface area contributed by atoms with Crippen molar-refractivity contribution in [3.8, 4) is 11.5 Å². The van der Waals surface area contributed by atoms with Crippen LogP contribution in [0.5, 0.6) is 11.5 Å². The molecule has 4 aromatic rings. The molecule has 0 saturated heterocycles. The first kappa shape index (κ1) is 23.6. The van der Waals surface area contributed by atoms with Crippen LogP contribution >= 0.6 is 23.2 Å². The second kappa shape index (κ2) is 11.0. The summed E-state index contributed by atoms with van der Waals surface area (Å²) >= 11 is 12.2. The Hall–Kier alpha value is -3.60. The average molecular weight is 489 g/mol. The number of nitrogens with zero attached hydrogens (tertiary/aromatic N) is 2. The first-order chi connectivity index (χ1) is 16.5. The van der Waals surface area contributed by atoms with Crippen LogP contribution in [0.2, 0.25) is 10.0 Å². The molecule has 0 aliphatic heterocycles. The molecule has 0 radical (unpaired) electrons. The fourth-order valence-corrected chi connectivity index (χ4v) is 3.96. The van der Waals surface area contributed by atoms with E-state index < -0.39 is 12.1 Å². The standard InChI is InChI=1S/C28H22Cl2N2O2/c29-23-15-7-13-21(27(23)33)17-31-25(19-9-3-1-4-10-19)26(20-11-5-2-6-12-20)32-18-22-14-8-16-24(30)28(22)34/h1-18,25-26,33-34H/t25-,26-/m0/s1. The maximum atomic E-state index is 10.4. The molecule has 0 heterocycles. The lowest BCUT2D eigenvalue weighted by Gasteiger charge is -2.22. The van der Waals surface area contributed by atoms with E-state index >= 15 is 0 Å². The third-order valence-corrected chi connectivity index (χ3v) is 5.98. The number of hydrogen-bond donors (Lipinski definition) is 2. The van der Waals surface area contributed by atoms with Gasteiger partial charge < -0.3 is 10.2 Å². The van der Waals surface area contributed by atoms with Gasteiger partial charge in [0, 0.05) is 23.6 Å². The normalized spacial score (nSPS) is 13.4. The minimum Gasteiger partial charge on any atom is -0.506 e. The molecule has 34 heavy (non-hydrogen) atoms. The Morgan fingerprint density at radius 3 is 1.29 bits per heavy atom. The molecule has 2 N–H and O–H groups in total. The molecular formula is C28H22Cl2N2O2. The topological polar surface area (TPSA) is 65.2 Å². The van der Waals surface area contributed by atoms with Crippen molar-refractivity contribution in [2.45, 2.75) is 12.1 Å². The molecule has 2 atom stereocenters. The third kappa shape index (κ3) is 5.48. The van der Waals surface area contributed by atoms with Gasteiger partial charge in [0.15, 0.2) is 0 Å². The van der Waals surface area contributed by atoms with E-state index in [4.69, 9.17) is 33.2 Å². The van der Waals surface area contributed by atoms with Crippen LogP contribution in [0.4, 0.5) is 0 Å². The van der Waals surface area contributed by atoms with E-state index in [0.717, 1.165) is 11.1 Å². The maximum absolute atomic E-state index is 10.4. The lowest BCUT2D eigenvalue weighted by molar-refractivity contribution is 0.474.